The summed E-state index contributed by atoms with van der Waals surface area (Å²) in [5.41, 5.74) is 1.58. The Morgan fingerprint density at radius 3 is 3.00 bits per heavy atom. The minimum absolute atomic E-state index is 0.373. The summed E-state index contributed by atoms with van der Waals surface area (Å²) in [4.78, 5) is 15.2. The van der Waals surface area contributed by atoms with Crippen LogP contribution in [0, 0.1) is 0 Å². The molecule has 2 aromatic rings. The van der Waals surface area contributed by atoms with Crippen molar-refractivity contribution in [3.05, 3.63) is 18.0 Å². The Labute approximate surface area is 79.5 Å². The molecule has 0 saturated carbocycles. The molecule has 0 N–H and O–H groups in total. The van der Waals surface area contributed by atoms with Crippen LogP contribution in [0.2, 0.25) is 0 Å². The van der Waals surface area contributed by atoms with Gasteiger partial charge in [-0.2, -0.15) is 0 Å². The average molecular weight is 192 g/mol. The quantitative estimate of drug-likeness (QED) is 0.601. The number of aryl methyl sites for hydroxylation is 1. The predicted molar refractivity (Wildman–Crippen MR) is 47.6 cm³/mol. The van der Waals surface area contributed by atoms with Crippen LogP contribution in [0.4, 0.5) is 0 Å². The summed E-state index contributed by atoms with van der Waals surface area (Å²) >= 11 is 0. The van der Waals surface area contributed by atoms with Gasteiger partial charge in [0.25, 0.3) is 0 Å². The number of rotatable bonds is 1. The molecule has 0 aliphatic heterocycles. The molecule has 6 heteroatoms. The van der Waals surface area contributed by atoms with Gasteiger partial charge in [0, 0.05) is 13.2 Å². The number of esters is 1. The van der Waals surface area contributed by atoms with Crippen molar-refractivity contribution < 1.29 is 9.53 Å². The highest BCUT2D eigenvalue weighted by molar-refractivity contribution is 6.01. The normalized spacial score (nSPS) is 10.4. The van der Waals surface area contributed by atoms with Crippen LogP contribution in [0.5, 0.6) is 0 Å². The zero-order chi connectivity index (χ0) is 10.1. The summed E-state index contributed by atoms with van der Waals surface area (Å²) in [6.45, 7) is 0. The number of pyridine rings is 1. The van der Waals surface area contributed by atoms with E-state index in [1.54, 1.807) is 13.2 Å². The molecular formula is C8H8N4O2. The zero-order valence-electron chi connectivity index (χ0n) is 7.76. The molecule has 6 nitrogen and oxygen atoms in total. The maximum Gasteiger partial charge on any atom is 0.341 e. The van der Waals surface area contributed by atoms with Gasteiger partial charge in [0.2, 0.25) is 0 Å². The van der Waals surface area contributed by atoms with E-state index < -0.39 is 5.97 Å². The lowest BCUT2D eigenvalue weighted by Gasteiger charge is -2.00. The van der Waals surface area contributed by atoms with E-state index in [0.717, 1.165) is 0 Å². The molecule has 0 aromatic carbocycles. The molecule has 0 spiro atoms. The highest BCUT2D eigenvalue weighted by Crippen LogP contribution is 2.14. The molecule has 0 aliphatic carbocycles. The van der Waals surface area contributed by atoms with Crippen LogP contribution in [-0.4, -0.2) is 33.1 Å². The van der Waals surface area contributed by atoms with E-state index in [-0.39, 0.29) is 0 Å². The van der Waals surface area contributed by atoms with E-state index >= 15 is 0 Å². The van der Waals surface area contributed by atoms with E-state index in [1.807, 2.05) is 0 Å². The highest BCUT2D eigenvalue weighted by atomic mass is 16.5. The van der Waals surface area contributed by atoms with Gasteiger partial charge in [-0.3, -0.25) is 4.98 Å². The minimum Gasteiger partial charge on any atom is -0.465 e. The molecule has 0 aliphatic rings. The summed E-state index contributed by atoms with van der Waals surface area (Å²) in [6, 6.07) is 0. The maximum atomic E-state index is 11.3. The average Bonchev–Trinajstić information content (AvgIpc) is 2.59. The summed E-state index contributed by atoms with van der Waals surface area (Å²) < 4.78 is 6.14. The maximum absolute atomic E-state index is 11.3. The molecule has 2 aromatic heterocycles. The first kappa shape index (κ1) is 8.61. The van der Waals surface area contributed by atoms with Gasteiger partial charge >= 0.3 is 5.97 Å². The lowest BCUT2D eigenvalue weighted by Crippen LogP contribution is -2.05. The number of fused-ring (bicyclic) bond motifs is 1. The standard InChI is InChI=1S/C8H8N4O2/c1-12-7-5(8(13)14-2)3-9-4-6(7)10-11-12/h3-4H,1-2H3. The van der Waals surface area contributed by atoms with E-state index in [4.69, 9.17) is 0 Å². The van der Waals surface area contributed by atoms with Crippen molar-refractivity contribution in [2.45, 2.75) is 0 Å². The molecular weight excluding hydrogens is 184 g/mol. The Morgan fingerprint density at radius 1 is 1.50 bits per heavy atom. The van der Waals surface area contributed by atoms with Gasteiger partial charge in [-0.25, -0.2) is 9.48 Å². The van der Waals surface area contributed by atoms with Crippen molar-refractivity contribution >= 4 is 17.0 Å². The fourth-order valence-electron chi connectivity index (χ4n) is 1.28. The van der Waals surface area contributed by atoms with Crippen LogP contribution in [0.3, 0.4) is 0 Å². The highest BCUT2D eigenvalue weighted by Gasteiger charge is 2.14. The molecule has 0 amide bonds. The molecule has 72 valence electrons. The summed E-state index contributed by atoms with van der Waals surface area (Å²) in [5.74, 6) is -0.437. The number of ether oxygens (including phenoxy) is 1. The SMILES string of the molecule is COC(=O)c1cncc2nnn(C)c12. The first-order chi connectivity index (χ1) is 6.74. The lowest BCUT2D eigenvalue weighted by molar-refractivity contribution is 0.0602. The molecule has 0 fully saturated rings. The zero-order valence-corrected chi connectivity index (χ0v) is 7.76. The van der Waals surface area contributed by atoms with Gasteiger partial charge in [-0.1, -0.05) is 5.21 Å². The first-order valence-electron chi connectivity index (χ1n) is 3.95. The van der Waals surface area contributed by atoms with Gasteiger partial charge in [0.05, 0.1) is 13.3 Å². The third-order valence-corrected chi connectivity index (χ3v) is 1.91. The monoisotopic (exact) mass is 192 g/mol. The van der Waals surface area contributed by atoms with Gasteiger partial charge < -0.3 is 4.74 Å². The van der Waals surface area contributed by atoms with Crippen LogP contribution >= 0.6 is 0 Å². The Bertz CT molecular complexity index is 491. The Balaban J connectivity index is 2.75. The van der Waals surface area contributed by atoms with E-state index in [1.165, 1.54) is 18.0 Å². The number of aromatic nitrogens is 4. The lowest BCUT2D eigenvalue weighted by atomic mass is 10.2. The smallest absolute Gasteiger partial charge is 0.341 e. The second-order valence-electron chi connectivity index (χ2n) is 2.76. The van der Waals surface area contributed by atoms with Gasteiger partial charge in [-0.05, 0) is 0 Å². The Kier molecular flexibility index (Phi) is 1.88. The molecule has 0 atom stereocenters. The molecule has 0 bridgehead atoms. The van der Waals surface area contributed by atoms with E-state index in [9.17, 15) is 4.79 Å². The number of nitrogens with zero attached hydrogens (tertiary/aromatic N) is 4. The fraction of sp³-hybridized carbons (Fsp3) is 0.250. The van der Waals surface area contributed by atoms with E-state index in [0.29, 0.717) is 16.6 Å². The Hall–Kier alpha value is -1.98. The largest absolute Gasteiger partial charge is 0.465 e. The van der Waals surface area contributed by atoms with Gasteiger partial charge in [0.1, 0.15) is 16.6 Å². The van der Waals surface area contributed by atoms with Crippen LogP contribution in [0.1, 0.15) is 10.4 Å². The van der Waals surface area contributed by atoms with Crippen molar-refractivity contribution in [3.8, 4) is 0 Å². The third kappa shape index (κ3) is 1.12. The number of hydrogen-bond acceptors (Lipinski definition) is 5. The number of carbonyl (C=O) groups is 1. The van der Waals surface area contributed by atoms with Crippen molar-refractivity contribution in [2.24, 2.45) is 7.05 Å². The third-order valence-electron chi connectivity index (χ3n) is 1.91. The summed E-state index contributed by atoms with van der Waals surface area (Å²) in [6.07, 6.45) is 2.99. The second-order valence-corrected chi connectivity index (χ2v) is 2.76. The molecule has 0 unspecified atom stereocenters. The van der Waals surface area contributed by atoms with Gasteiger partial charge in [0.15, 0.2) is 0 Å². The molecule has 2 rings (SSSR count). The predicted octanol–water partition coefficient (Wildman–Crippen LogP) is 0.150. The van der Waals surface area contributed by atoms with Crippen molar-refractivity contribution in [1.82, 2.24) is 20.0 Å². The first-order valence-corrected chi connectivity index (χ1v) is 3.95. The Morgan fingerprint density at radius 2 is 2.29 bits per heavy atom. The molecule has 2 heterocycles. The molecule has 0 saturated heterocycles. The van der Waals surface area contributed by atoms with E-state index in [2.05, 4.69) is 20.0 Å². The number of carbonyl (C=O) groups excluding carboxylic acids is 1. The second kappa shape index (κ2) is 3.06. The molecule has 0 radical (unpaired) electrons. The van der Waals surface area contributed by atoms with Crippen LogP contribution in [0.25, 0.3) is 11.0 Å². The van der Waals surface area contributed by atoms with Crippen LogP contribution < -0.4 is 0 Å². The molecule has 14 heavy (non-hydrogen) atoms. The van der Waals surface area contributed by atoms with Crippen LogP contribution in [0.15, 0.2) is 12.4 Å². The summed E-state index contributed by atoms with van der Waals surface area (Å²) in [5, 5.41) is 7.63. The topological polar surface area (TPSA) is 69.9 Å². The van der Waals surface area contributed by atoms with Crippen molar-refractivity contribution in [3.63, 3.8) is 0 Å². The fourth-order valence-corrected chi connectivity index (χ4v) is 1.28. The van der Waals surface area contributed by atoms with Crippen molar-refractivity contribution in [2.75, 3.05) is 7.11 Å². The van der Waals surface area contributed by atoms with Gasteiger partial charge in [-0.15, -0.1) is 5.10 Å². The van der Waals surface area contributed by atoms with Crippen molar-refractivity contribution in [1.29, 1.82) is 0 Å². The minimum atomic E-state index is -0.437. The number of methoxy groups -OCH3 is 1. The number of hydrogen-bond donors (Lipinski definition) is 0. The summed E-state index contributed by atoms with van der Waals surface area (Å²) in [7, 11) is 3.03. The van der Waals surface area contributed by atoms with Crippen LogP contribution in [-0.2, 0) is 11.8 Å².